The fraction of sp³-hybridized carbons (Fsp3) is 0.250. The van der Waals surface area contributed by atoms with Crippen LogP contribution in [-0.2, 0) is 14.8 Å². The lowest BCUT2D eigenvalue weighted by molar-refractivity contribution is -0.117. The zero-order chi connectivity index (χ0) is 18.2. The molecule has 1 atom stereocenters. The number of nitrogens with zero attached hydrogens (tertiary/aromatic N) is 2. The Morgan fingerprint density at radius 1 is 1.36 bits per heavy atom. The predicted octanol–water partition coefficient (Wildman–Crippen LogP) is 2.78. The third-order valence-corrected chi connectivity index (χ3v) is 5.47. The zero-order valence-corrected chi connectivity index (χ0v) is 16.0. The standard InChI is InChI=1S/C16H16BrN3O4S/c1-10-9-20(11(2)21)14-7-13(4-5-15(14)24-10)25(22,23)19-16-6-3-12(17)8-18-16/h3-8,10H,9H2,1-2H3,(H,18,19). The highest BCUT2D eigenvalue weighted by Crippen LogP contribution is 2.35. The Hall–Kier alpha value is -2.13. The summed E-state index contributed by atoms with van der Waals surface area (Å²) < 4.78 is 34.1. The van der Waals surface area contributed by atoms with Gasteiger partial charge in [-0.05, 0) is 53.2 Å². The first-order valence-corrected chi connectivity index (χ1v) is 9.77. The van der Waals surface area contributed by atoms with Gasteiger partial charge in [-0.3, -0.25) is 9.52 Å². The molecule has 0 aliphatic carbocycles. The van der Waals surface area contributed by atoms with E-state index in [0.29, 0.717) is 18.0 Å². The van der Waals surface area contributed by atoms with Gasteiger partial charge in [0.15, 0.2) is 0 Å². The number of hydrogen-bond acceptors (Lipinski definition) is 5. The van der Waals surface area contributed by atoms with E-state index in [4.69, 9.17) is 4.74 Å². The number of hydrogen-bond donors (Lipinski definition) is 1. The highest BCUT2D eigenvalue weighted by Gasteiger charge is 2.28. The first-order chi connectivity index (χ1) is 11.8. The van der Waals surface area contributed by atoms with Gasteiger partial charge in [0.1, 0.15) is 17.7 Å². The van der Waals surface area contributed by atoms with Gasteiger partial charge in [-0.1, -0.05) is 0 Å². The molecule has 1 aliphatic rings. The molecular weight excluding hydrogens is 410 g/mol. The highest BCUT2D eigenvalue weighted by atomic mass is 79.9. The summed E-state index contributed by atoms with van der Waals surface area (Å²) in [5, 5.41) is 0. The molecule has 1 aliphatic heterocycles. The number of aromatic nitrogens is 1. The number of nitrogens with one attached hydrogen (secondary N) is 1. The predicted molar refractivity (Wildman–Crippen MR) is 97.3 cm³/mol. The average Bonchev–Trinajstić information content (AvgIpc) is 2.55. The van der Waals surface area contributed by atoms with Crippen molar-refractivity contribution in [3.8, 4) is 5.75 Å². The van der Waals surface area contributed by atoms with Crippen LogP contribution in [-0.4, -0.2) is 32.0 Å². The molecule has 3 rings (SSSR count). The van der Waals surface area contributed by atoms with Crippen LogP contribution in [0.1, 0.15) is 13.8 Å². The second-order valence-electron chi connectivity index (χ2n) is 5.65. The summed E-state index contributed by atoms with van der Waals surface area (Å²) in [6.07, 6.45) is 1.33. The van der Waals surface area contributed by atoms with Gasteiger partial charge >= 0.3 is 0 Å². The number of fused-ring (bicyclic) bond motifs is 1. The maximum atomic E-state index is 12.6. The number of sulfonamides is 1. The molecule has 1 aromatic heterocycles. The van der Waals surface area contributed by atoms with Crippen molar-refractivity contribution in [3.05, 3.63) is 41.0 Å². The number of rotatable bonds is 3. The molecule has 1 N–H and O–H groups in total. The maximum Gasteiger partial charge on any atom is 0.263 e. The van der Waals surface area contributed by atoms with Gasteiger partial charge in [0.2, 0.25) is 5.91 Å². The Morgan fingerprint density at radius 3 is 2.76 bits per heavy atom. The lowest BCUT2D eigenvalue weighted by atomic mass is 10.2. The molecule has 0 saturated carbocycles. The molecule has 25 heavy (non-hydrogen) atoms. The Labute approximate surface area is 154 Å². The number of pyridine rings is 1. The van der Waals surface area contributed by atoms with Crippen LogP contribution in [0.15, 0.2) is 45.9 Å². The van der Waals surface area contributed by atoms with E-state index in [1.807, 2.05) is 6.92 Å². The second-order valence-corrected chi connectivity index (χ2v) is 8.25. The molecule has 0 fully saturated rings. The van der Waals surface area contributed by atoms with Gasteiger partial charge < -0.3 is 9.64 Å². The summed E-state index contributed by atoms with van der Waals surface area (Å²) in [4.78, 5) is 17.4. The molecule has 0 radical (unpaired) electrons. The zero-order valence-electron chi connectivity index (χ0n) is 13.6. The number of ether oxygens (including phenoxy) is 1. The fourth-order valence-electron chi connectivity index (χ4n) is 2.52. The van der Waals surface area contributed by atoms with Crippen molar-refractivity contribution in [2.75, 3.05) is 16.2 Å². The topological polar surface area (TPSA) is 88.6 Å². The summed E-state index contributed by atoms with van der Waals surface area (Å²) in [6, 6.07) is 7.67. The maximum absolute atomic E-state index is 12.6. The Kier molecular flexibility index (Phi) is 4.70. The second kappa shape index (κ2) is 6.64. The summed E-state index contributed by atoms with van der Waals surface area (Å²) >= 11 is 3.25. The molecule has 0 spiro atoms. The Balaban J connectivity index is 1.96. The van der Waals surface area contributed by atoms with E-state index in [9.17, 15) is 13.2 Å². The Bertz CT molecular complexity index is 915. The van der Waals surface area contributed by atoms with Gasteiger partial charge in [-0.2, -0.15) is 0 Å². The molecule has 7 nitrogen and oxygen atoms in total. The van der Waals surface area contributed by atoms with E-state index in [2.05, 4.69) is 25.6 Å². The van der Waals surface area contributed by atoms with Crippen LogP contribution >= 0.6 is 15.9 Å². The van der Waals surface area contributed by atoms with E-state index >= 15 is 0 Å². The summed E-state index contributed by atoms with van der Waals surface area (Å²) in [5.74, 6) is 0.511. The number of benzene rings is 1. The van der Waals surface area contributed by atoms with Gasteiger partial charge in [0.05, 0.1) is 17.1 Å². The number of anilines is 2. The largest absolute Gasteiger partial charge is 0.487 e. The molecule has 1 unspecified atom stereocenters. The smallest absolute Gasteiger partial charge is 0.263 e. The van der Waals surface area contributed by atoms with Crippen LogP contribution in [0.5, 0.6) is 5.75 Å². The Morgan fingerprint density at radius 2 is 2.12 bits per heavy atom. The summed E-state index contributed by atoms with van der Waals surface area (Å²) in [5.41, 5.74) is 0.442. The van der Waals surface area contributed by atoms with Gasteiger partial charge in [0, 0.05) is 17.6 Å². The van der Waals surface area contributed by atoms with Crippen molar-refractivity contribution < 1.29 is 17.9 Å². The van der Waals surface area contributed by atoms with E-state index in [1.54, 1.807) is 18.2 Å². The van der Waals surface area contributed by atoms with Crippen molar-refractivity contribution in [1.29, 1.82) is 0 Å². The first kappa shape index (κ1) is 17.7. The molecule has 1 aromatic carbocycles. The quantitative estimate of drug-likeness (QED) is 0.816. The lowest BCUT2D eigenvalue weighted by Gasteiger charge is -2.33. The number of carbonyl (C=O) groups excluding carboxylic acids is 1. The molecule has 2 aromatic rings. The average molecular weight is 426 g/mol. The normalized spacial score (nSPS) is 16.8. The van der Waals surface area contributed by atoms with Crippen molar-refractivity contribution in [1.82, 2.24) is 4.98 Å². The third kappa shape index (κ3) is 3.77. The van der Waals surface area contributed by atoms with Gasteiger partial charge in [0.25, 0.3) is 10.0 Å². The lowest BCUT2D eigenvalue weighted by Crippen LogP contribution is -2.41. The van der Waals surface area contributed by atoms with Crippen LogP contribution in [0.2, 0.25) is 0 Å². The van der Waals surface area contributed by atoms with Crippen molar-refractivity contribution in [2.24, 2.45) is 0 Å². The SMILES string of the molecule is CC(=O)N1CC(C)Oc2ccc(S(=O)(=O)Nc3ccc(Br)cn3)cc21. The van der Waals surface area contributed by atoms with Crippen molar-refractivity contribution >= 4 is 43.4 Å². The number of carbonyl (C=O) groups is 1. The van der Waals surface area contributed by atoms with Gasteiger partial charge in [-0.25, -0.2) is 13.4 Å². The molecule has 2 heterocycles. The van der Waals surface area contributed by atoms with E-state index in [0.717, 1.165) is 4.47 Å². The molecule has 0 bridgehead atoms. The van der Waals surface area contributed by atoms with Crippen molar-refractivity contribution in [2.45, 2.75) is 24.8 Å². The molecule has 1 amide bonds. The van der Waals surface area contributed by atoms with Crippen LogP contribution in [0, 0.1) is 0 Å². The van der Waals surface area contributed by atoms with Crippen LogP contribution in [0.4, 0.5) is 11.5 Å². The molecule has 0 saturated heterocycles. The van der Waals surface area contributed by atoms with Gasteiger partial charge in [-0.15, -0.1) is 0 Å². The third-order valence-electron chi connectivity index (χ3n) is 3.65. The molecule has 132 valence electrons. The number of halogens is 1. The monoisotopic (exact) mass is 425 g/mol. The number of amides is 1. The van der Waals surface area contributed by atoms with E-state index in [-0.39, 0.29) is 22.7 Å². The molecular formula is C16H16BrN3O4S. The van der Waals surface area contributed by atoms with Crippen molar-refractivity contribution in [3.63, 3.8) is 0 Å². The first-order valence-electron chi connectivity index (χ1n) is 7.49. The van der Waals surface area contributed by atoms with Crippen LogP contribution in [0.3, 0.4) is 0 Å². The minimum atomic E-state index is -3.84. The van der Waals surface area contributed by atoms with E-state index in [1.165, 1.54) is 30.2 Å². The summed E-state index contributed by atoms with van der Waals surface area (Å²) in [7, 11) is -3.84. The highest BCUT2D eigenvalue weighted by molar-refractivity contribution is 9.10. The van der Waals surface area contributed by atoms with Crippen LogP contribution < -0.4 is 14.4 Å². The summed E-state index contributed by atoms with van der Waals surface area (Å²) in [6.45, 7) is 3.66. The molecule has 9 heteroatoms. The minimum absolute atomic E-state index is 0.0281. The minimum Gasteiger partial charge on any atom is -0.487 e. The van der Waals surface area contributed by atoms with Crippen LogP contribution in [0.25, 0.3) is 0 Å². The van der Waals surface area contributed by atoms with E-state index < -0.39 is 10.0 Å². The fourth-order valence-corrected chi connectivity index (χ4v) is 3.78.